The summed E-state index contributed by atoms with van der Waals surface area (Å²) in [7, 11) is 0. The molecule has 1 N–H and O–H groups in total. The fraction of sp³-hybridized carbons (Fsp3) is 0.192. The van der Waals surface area contributed by atoms with Crippen LogP contribution in [0.1, 0.15) is 24.1 Å². The summed E-state index contributed by atoms with van der Waals surface area (Å²) in [5, 5.41) is 12.1. The van der Waals surface area contributed by atoms with Gasteiger partial charge >= 0.3 is 0 Å². The molecule has 178 valence electrons. The van der Waals surface area contributed by atoms with Crippen LogP contribution in [0.3, 0.4) is 0 Å². The van der Waals surface area contributed by atoms with Gasteiger partial charge in [-0.05, 0) is 42.3 Å². The predicted octanol–water partition coefficient (Wildman–Crippen LogP) is 4.83. The zero-order valence-corrected chi connectivity index (χ0v) is 19.8. The summed E-state index contributed by atoms with van der Waals surface area (Å²) in [6.07, 6.45) is 0. The van der Waals surface area contributed by atoms with E-state index in [-0.39, 0.29) is 30.3 Å². The van der Waals surface area contributed by atoms with Gasteiger partial charge in [0.25, 0.3) is 0 Å². The van der Waals surface area contributed by atoms with Crippen molar-refractivity contribution in [3.63, 3.8) is 0 Å². The summed E-state index contributed by atoms with van der Waals surface area (Å²) >= 11 is 1.26. The molecule has 1 amide bonds. The smallest absolute Gasteiger partial charge is 0.231 e. The number of ether oxygens (including phenoxy) is 2. The van der Waals surface area contributed by atoms with E-state index < -0.39 is 0 Å². The van der Waals surface area contributed by atoms with Gasteiger partial charge in [0.05, 0.1) is 23.9 Å². The fourth-order valence-electron chi connectivity index (χ4n) is 3.82. The highest BCUT2D eigenvalue weighted by molar-refractivity contribution is 7.99. The molecular formula is C26H23FN4O3S. The largest absolute Gasteiger partial charge is 0.454 e. The summed E-state index contributed by atoms with van der Waals surface area (Å²) in [5.41, 5.74) is 2.30. The van der Waals surface area contributed by atoms with Crippen molar-refractivity contribution in [3.05, 3.63) is 89.7 Å². The monoisotopic (exact) mass is 490 g/mol. The number of fused-ring (bicyclic) bond motifs is 1. The van der Waals surface area contributed by atoms with Crippen LogP contribution in [0.4, 0.5) is 4.39 Å². The first kappa shape index (κ1) is 22.9. The molecule has 1 atom stereocenters. The first-order valence-corrected chi connectivity index (χ1v) is 12.1. The molecule has 0 saturated carbocycles. The van der Waals surface area contributed by atoms with Gasteiger partial charge in [-0.15, -0.1) is 10.2 Å². The van der Waals surface area contributed by atoms with Gasteiger partial charge < -0.3 is 14.8 Å². The molecule has 3 aromatic carbocycles. The van der Waals surface area contributed by atoms with Gasteiger partial charge in [0, 0.05) is 0 Å². The molecule has 9 heteroatoms. The number of thioether (sulfide) groups is 1. The van der Waals surface area contributed by atoms with E-state index in [1.165, 1.54) is 17.8 Å². The van der Waals surface area contributed by atoms with Gasteiger partial charge in [-0.1, -0.05) is 60.3 Å². The maximum Gasteiger partial charge on any atom is 0.231 e. The van der Waals surface area contributed by atoms with Gasteiger partial charge in [-0.25, -0.2) is 4.39 Å². The molecule has 1 aliphatic heterocycles. The maximum atomic E-state index is 14.5. The van der Waals surface area contributed by atoms with Crippen molar-refractivity contribution in [1.82, 2.24) is 20.1 Å². The first-order chi connectivity index (χ1) is 17.1. The lowest BCUT2D eigenvalue weighted by atomic mass is 10.1. The standard InChI is InChI=1S/C26H23FN4O3S/c1-17(19-11-12-22-23(13-19)34-16-33-22)28-24(32)15-35-26-30-29-25(20-9-5-6-10-21(20)27)31(26)14-18-7-3-2-4-8-18/h2-13,17H,14-16H2,1H3,(H,28,32). The van der Waals surface area contributed by atoms with E-state index in [0.29, 0.717) is 34.6 Å². The number of halogens is 1. The van der Waals surface area contributed by atoms with Gasteiger partial charge in [-0.3, -0.25) is 9.36 Å². The Labute approximate surface area is 206 Å². The second kappa shape index (κ2) is 10.2. The molecule has 0 spiro atoms. The highest BCUT2D eigenvalue weighted by atomic mass is 32.2. The molecule has 4 aromatic rings. The van der Waals surface area contributed by atoms with Crippen molar-refractivity contribution >= 4 is 17.7 Å². The van der Waals surface area contributed by atoms with E-state index in [1.807, 2.05) is 60.0 Å². The van der Waals surface area contributed by atoms with Gasteiger partial charge in [0.1, 0.15) is 5.82 Å². The summed E-state index contributed by atoms with van der Waals surface area (Å²) in [6.45, 7) is 2.57. The number of nitrogens with zero attached hydrogens (tertiary/aromatic N) is 3. The highest BCUT2D eigenvalue weighted by Gasteiger charge is 2.20. The quantitative estimate of drug-likeness (QED) is 0.357. The number of amides is 1. The molecule has 2 heterocycles. The van der Waals surface area contributed by atoms with Gasteiger partial charge in [-0.2, -0.15) is 0 Å². The Bertz CT molecular complexity index is 1350. The van der Waals surface area contributed by atoms with E-state index in [4.69, 9.17) is 9.47 Å². The van der Waals surface area contributed by atoms with E-state index in [9.17, 15) is 9.18 Å². The van der Waals surface area contributed by atoms with Crippen molar-refractivity contribution in [2.45, 2.75) is 24.7 Å². The van der Waals surface area contributed by atoms with Crippen molar-refractivity contribution in [2.24, 2.45) is 0 Å². The van der Waals surface area contributed by atoms with Crippen molar-refractivity contribution in [2.75, 3.05) is 12.5 Å². The predicted molar refractivity (Wildman–Crippen MR) is 131 cm³/mol. The third kappa shape index (κ3) is 5.14. The summed E-state index contributed by atoms with van der Waals surface area (Å²) in [6, 6.07) is 21.7. The number of hydrogen-bond acceptors (Lipinski definition) is 6. The number of carbonyl (C=O) groups is 1. The molecule has 5 rings (SSSR count). The third-order valence-electron chi connectivity index (χ3n) is 5.62. The number of aromatic nitrogens is 3. The lowest BCUT2D eigenvalue weighted by Crippen LogP contribution is -2.28. The fourth-order valence-corrected chi connectivity index (χ4v) is 4.57. The molecule has 0 saturated heterocycles. The second-order valence-corrected chi connectivity index (χ2v) is 8.99. The highest BCUT2D eigenvalue weighted by Crippen LogP contribution is 2.34. The minimum atomic E-state index is -0.374. The van der Waals surface area contributed by atoms with E-state index in [2.05, 4.69) is 15.5 Å². The summed E-state index contributed by atoms with van der Waals surface area (Å²) in [5.74, 6) is 1.41. The van der Waals surface area contributed by atoms with E-state index in [1.54, 1.807) is 18.2 Å². The molecule has 7 nitrogen and oxygen atoms in total. The number of nitrogens with one attached hydrogen (secondary N) is 1. The normalized spacial score (nSPS) is 13.0. The number of benzene rings is 3. The zero-order chi connectivity index (χ0) is 24.2. The number of hydrogen-bond donors (Lipinski definition) is 1. The van der Waals surface area contributed by atoms with E-state index >= 15 is 0 Å². The van der Waals surface area contributed by atoms with Crippen molar-refractivity contribution in [3.8, 4) is 22.9 Å². The van der Waals surface area contributed by atoms with Crippen LogP contribution in [0.25, 0.3) is 11.4 Å². The van der Waals surface area contributed by atoms with Gasteiger partial charge in [0.15, 0.2) is 22.5 Å². The average molecular weight is 491 g/mol. The van der Waals surface area contributed by atoms with Crippen molar-refractivity contribution in [1.29, 1.82) is 0 Å². The summed E-state index contributed by atoms with van der Waals surface area (Å²) < 4.78 is 27.1. The minimum absolute atomic E-state index is 0.138. The van der Waals surface area contributed by atoms with Crippen LogP contribution in [0.5, 0.6) is 11.5 Å². The molecule has 1 unspecified atom stereocenters. The SMILES string of the molecule is CC(NC(=O)CSc1nnc(-c2ccccc2F)n1Cc1ccccc1)c1ccc2c(c1)OCO2. The maximum absolute atomic E-state index is 14.5. The zero-order valence-electron chi connectivity index (χ0n) is 19.0. The Hall–Kier alpha value is -3.85. The van der Waals surface area contributed by atoms with Crippen LogP contribution in [-0.2, 0) is 11.3 Å². The van der Waals surface area contributed by atoms with Crippen LogP contribution < -0.4 is 14.8 Å². The lowest BCUT2D eigenvalue weighted by Gasteiger charge is -2.15. The Morgan fingerprint density at radius 1 is 1.06 bits per heavy atom. The minimum Gasteiger partial charge on any atom is -0.454 e. The molecule has 0 bridgehead atoms. The third-order valence-corrected chi connectivity index (χ3v) is 6.59. The summed E-state index contributed by atoms with van der Waals surface area (Å²) in [4.78, 5) is 12.7. The second-order valence-electron chi connectivity index (χ2n) is 8.05. The number of carbonyl (C=O) groups excluding carboxylic acids is 1. The molecule has 0 radical (unpaired) electrons. The molecule has 35 heavy (non-hydrogen) atoms. The lowest BCUT2D eigenvalue weighted by molar-refractivity contribution is -0.119. The molecule has 0 fully saturated rings. The van der Waals surface area contributed by atoms with Crippen LogP contribution in [0, 0.1) is 5.82 Å². The topological polar surface area (TPSA) is 78.3 Å². The van der Waals surface area contributed by atoms with Gasteiger partial charge in [0.2, 0.25) is 12.7 Å². The molecule has 1 aromatic heterocycles. The van der Waals surface area contributed by atoms with E-state index in [0.717, 1.165) is 11.1 Å². The molecular weight excluding hydrogens is 467 g/mol. The number of rotatable bonds is 8. The first-order valence-electron chi connectivity index (χ1n) is 11.1. The molecule has 0 aliphatic carbocycles. The Morgan fingerprint density at radius 2 is 1.83 bits per heavy atom. The van der Waals surface area contributed by atoms with Crippen LogP contribution in [0.15, 0.2) is 78.0 Å². The Kier molecular flexibility index (Phi) is 6.67. The van der Waals surface area contributed by atoms with Crippen LogP contribution in [0.2, 0.25) is 0 Å². The average Bonchev–Trinajstić information content (AvgIpc) is 3.50. The Morgan fingerprint density at radius 3 is 2.66 bits per heavy atom. The van der Waals surface area contributed by atoms with Crippen molar-refractivity contribution < 1.29 is 18.7 Å². The Balaban J connectivity index is 1.31. The van der Waals surface area contributed by atoms with Crippen LogP contribution >= 0.6 is 11.8 Å². The molecule has 1 aliphatic rings. The van der Waals surface area contributed by atoms with Crippen LogP contribution in [-0.4, -0.2) is 33.2 Å².